The maximum Gasteiger partial charge on any atom is 0.0672 e. The van der Waals surface area contributed by atoms with E-state index < -0.39 is 0 Å². The van der Waals surface area contributed by atoms with E-state index in [2.05, 4.69) is 31.7 Å². The summed E-state index contributed by atoms with van der Waals surface area (Å²) in [5, 5.41) is 9.48. The smallest absolute Gasteiger partial charge is 0.0672 e. The van der Waals surface area contributed by atoms with Gasteiger partial charge in [-0.3, -0.25) is 4.90 Å². The van der Waals surface area contributed by atoms with Gasteiger partial charge in [-0.1, -0.05) is 20.8 Å². The fourth-order valence-corrected chi connectivity index (χ4v) is 3.93. The van der Waals surface area contributed by atoms with Crippen LogP contribution in [0.3, 0.4) is 0 Å². The lowest BCUT2D eigenvalue weighted by Gasteiger charge is -2.46. The van der Waals surface area contributed by atoms with Gasteiger partial charge in [-0.15, -0.1) is 0 Å². The molecule has 0 radical (unpaired) electrons. The zero-order valence-corrected chi connectivity index (χ0v) is 13.6. The summed E-state index contributed by atoms with van der Waals surface area (Å²) in [6, 6.07) is 3.04. The van der Waals surface area contributed by atoms with Crippen molar-refractivity contribution in [3.05, 3.63) is 0 Å². The molecule has 114 valence electrons. The average molecular weight is 278 g/mol. The van der Waals surface area contributed by atoms with Crippen molar-refractivity contribution in [2.75, 3.05) is 20.2 Å². The van der Waals surface area contributed by atoms with Crippen LogP contribution < -0.4 is 0 Å². The minimum Gasteiger partial charge on any atom is -0.381 e. The number of piperidine rings is 1. The summed E-state index contributed by atoms with van der Waals surface area (Å²) in [5.74, 6) is 0.977. The fraction of sp³-hybridized carbons (Fsp3) is 0.941. The van der Waals surface area contributed by atoms with Gasteiger partial charge in [0.1, 0.15) is 0 Å². The highest BCUT2D eigenvalue weighted by molar-refractivity contribution is 5.00. The average Bonchev–Trinajstić information content (AvgIpc) is 2.45. The van der Waals surface area contributed by atoms with E-state index >= 15 is 0 Å². The maximum absolute atomic E-state index is 9.48. The summed E-state index contributed by atoms with van der Waals surface area (Å²) < 4.78 is 5.46. The van der Waals surface area contributed by atoms with Gasteiger partial charge in [0.25, 0.3) is 0 Å². The van der Waals surface area contributed by atoms with Crippen molar-refractivity contribution in [2.24, 2.45) is 17.3 Å². The van der Waals surface area contributed by atoms with Gasteiger partial charge < -0.3 is 4.74 Å². The van der Waals surface area contributed by atoms with Gasteiger partial charge in [-0.05, 0) is 43.4 Å². The lowest BCUT2D eigenvalue weighted by atomic mass is 9.67. The second-order valence-corrected chi connectivity index (χ2v) is 7.65. The molecule has 1 saturated heterocycles. The lowest BCUT2D eigenvalue weighted by Crippen LogP contribution is -2.49. The van der Waals surface area contributed by atoms with E-state index in [0.29, 0.717) is 17.6 Å². The Morgan fingerprint density at radius 1 is 1.10 bits per heavy atom. The number of hydrogen-bond acceptors (Lipinski definition) is 3. The molecule has 3 unspecified atom stereocenters. The van der Waals surface area contributed by atoms with Gasteiger partial charge >= 0.3 is 0 Å². The van der Waals surface area contributed by atoms with Crippen LogP contribution in [0.2, 0.25) is 0 Å². The van der Waals surface area contributed by atoms with Crippen LogP contribution in [-0.2, 0) is 4.74 Å². The fourth-order valence-electron chi connectivity index (χ4n) is 3.93. The summed E-state index contributed by atoms with van der Waals surface area (Å²) in [5.41, 5.74) is 0.365. The number of rotatable bonds is 2. The third-order valence-electron chi connectivity index (χ3n) is 5.49. The monoisotopic (exact) mass is 278 g/mol. The normalized spacial score (nSPS) is 33.9. The number of ether oxygens (including phenoxy) is 1. The highest BCUT2D eigenvalue weighted by Gasteiger charge is 2.39. The molecule has 0 amide bonds. The Morgan fingerprint density at radius 2 is 1.75 bits per heavy atom. The zero-order valence-electron chi connectivity index (χ0n) is 13.6. The molecule has 0 bridgehead atoms. The number of methoxy groups -OCH3 is 1. The van der Waals surface area contributed by atoms with E-state index in [1.165, 1.54) is 12.8 Å². The molecule has 0 aromatic rings. The molecule has 2 aliphatic rings. The molecule has 3 nitrogen and oxygen atoms in total. The molecular weight excluding hydrogens is 248 g/mol. The molecule has 1 saturated carbocycles. The van der Waals surface area contributed by atoms with E-state index in [9.17, 15) is 5.26 Å². The van der Waals surface area contributed by atoms with Crippen molar-refractivity contribution in [3.63, 3.8) is 0 Å². The van der Waals surface area contributed by atoms with Gasteiger partial charge in [-0.25, -0.2) is 0 Å². The highest BCUT2D eigenvalue weighted by Crippen LogP contribution is 2.42. The second kappa shape index (κ2) is 6.45. The van der Waals surface area contributed by atoms with Crippen LogP contribution in [0.25, 0.3) is 0 Å². The Balaban J connectivity index is 2.01. The van der Waals surface area contributed by atoms with Crippen LogP contribution in [-0.4, -0.2) is 37.2 Å². The van der Waals surface area contributed by atoms with E-state index in [-0.39, 0.29) is 5.92 Å². The van der Waals surface area contributed by atoms with Crippen molar-refractivity contribution in [3.8, 4) is 6.07 Å². The molecule has 0 N–H and O–H groups in total. The van der Waals surface area contributed by atoms with Crippen molar-refractivity contribution < 1.29 is 4.74 Å². The van der Waals surface area contributed by atoms with Gasteiger partial charge in [0.2, 0.25) is 0 Å². The number of hydrogen-bond donors (Lipinski definition) is 0. The van der Waals surface area contributed by atoms with Crippen LogP contribution in [0.5, 0.6) is 0 Å². The van der Waals surface area contributed by atoms with Crippen molar-refractivity contribution in [2.45, 2.75) is 65.0 Å². The van der Waals surface area contributed by atoms with Crippen molar-refractivity contribution >= 4 is 0 Å². The van der Waals surface area contributed by atoms with E-state index in [1.807, 2.05) is 7.11 Å². The molecule has 3 atom stereocenters. The minimum absolute atomic E-state index is 0.229. The molecule has 1 aliphatic heterocycles. The predicted octanol–water partition coefficient (Wildman–Crippen LogP) is 3.45. The van der Waals surface area contributed by atoms with Crippen molar-refractivity contribution in [1.82, 2.24) is 4.90 Å². The van der Waals surface area contributed by atoms with Gasteiger partial charge in [0.05, 0.1) is 18.1 Å². The van der Waals surface area contributed by atoms with Gasteiger partial charge in [-0.2, -0.15) is 5.26 Å². The van der Waals surface area contributed by atoms with Crippen molar-refractivity contribution in [1.29, 1.82) is 5.26 Å². The largest absolute Gasteiger partial charge is 0.381 e. The van der Waals surface area contributed by atoms with Gasteiger partial charge in [0.15, 0.2) is 0 Å². The van der Waals surface area contributed by atoms with Crippen LogP contribution in [0, 0.1) is 28.6 Å². The first-order valence-electron chi connectivity index (χ1n) is 8.12. The Morgan fingerprint density at radius 3 is 2.25 bits per heavy atom. The molecule has 0 spiro atoms. The summed E-state index contributed by atoms with van der Waals surface area (Å²) in [7, 11) is 1.81. The molecule has 1 heterocycles. The third kappa shape index (κ3) is 3.54. The molecule has 1 aliphatic carbocycles. The molecule has 20 heavy (non-hydrogen) atoms. The summed E-state index contributed by atoms with van der Waals surface area (Å²) >= 11 is 0. The second-order valence-electron chi connectivity index (χ2n) is 7.65. The molecule has 2 rings (SSSR count). The molecular formula is C17H30N2O. The Hall–Kier alpha value is -0.590. The van der Waals surface area contributed by atoms with Crippen LogP contribution in [0.4, 0.5) is 0 Å². The standard InChI is InChI=1S/C17H30N2O/c1-17(2,3)14-6-5-13(12-18)16(11-14)19-9-7-15(20-4)8-10-19/h13-16H,5-11H2,1-4H3. The first-order valence-corrected chi connectivity index (χ1v) is 8.12. The van der Waals surface area contributed by atoms with Crippen LogP contribution in [0.15, 0.2) is 0 Å². The summed E-state index contributed by atoms with van der Waals surface area (Å²) in [6.07, 6.45) is 6.14. The minimum atomic E-state index is 0.229. The predicted molar refractivity (Wildman–Crippen MR) is 81.3 cm³/mol. The third-order valence-corrected chi connectivity index (χ3v) is 5.49. The van der Waals surface area contributed by atoms with E-state index in [1.54, 1.807) is 0 Å². The first-order chi connectivity index (χ1) is 9.45. The quantitative estimate of drug-likeness (QED) is 0.776. The zero-order chi connectivity index (χ0) is 14.8. The highest BCUT2D eigenvalue weighted by atomic mass is 16.5. The number of nitrogens with zero attached hydrogens (tertiary/aromatic N) is 2. The summed E-state index contributed by atoms with van der Waals surface area (Å²) in [6.45, 7) is 9.23. The first kappa shape index (κ1) is 15.8. The topological polar surface area (TPSA) is 36.3 Å². The van der Waals surface area contributed by atoms with Gasteiger partial charge in [0, 0.05) is 26.2 Å². The van der Waals surface area contributed by atoms with E-state index in [4.69, 9.17) is 4.74 Å². The maximum atomic E-state index is 9.48. The molecule has 2 fully saturated rings. The number of nitriles is 1. The molecule has 3 heteroatoms. The van der Waals surface area contributed by atoms with E-state index in [0.717, 1.165) is 38.3 Å². The summed E-state index contributed by atoms with van der Waals surface area (Å²) in [4.78, 5) is 2.57. The SMILES string of the molecule is COC1CCN(C2CC(C(C)(C)C)CCC2C#N)CC1. The Labute approximate surface area is 124 Å². The van der Waals surface area contributed by atoms with Crippen LogP contribution >= 0.6 is 0 Å². The Kier molecular flexibility index (Phi) is 5.09. The molecule has 0 aromatic heterocycles. The molecule has 0 aromatic carbocycles. The Bertz CT molecular complexity index is 347. The lowest BCUT2D eigenvalue weighted by molar-refractivity contribution is -0.00162. The number of likely N-dealkylation sites (tertiary alicyclic amines) is 1. The van der Waals surface area contributed by atoms with Crippen LogP contribution in [0.1, 0.15) is 52.9 Å².